The average molecular weight is 868 g/mol. The molecule has 12 nitrogen and oxygen atoms in total. The van der Waals surface area contributed by atoms with Crippen molar-refractivity contribution >= 4 is 62.4 Å². The van der Waals surface area contributed by atoms with Crippen molar-refractivity contribution in [2.24, 2.45) is 5.41 Å². The number of hydrogen-bond acceptors (Lipinski definition) is 9. The summed E-state index contributed by atoms with van der Waals surface area (Å²) in [7, 11) is 2.04. The van der Waals surface area contributed by atoms with Crippen LogP contribution >= 0.6 is 11.6 Å². The van der Waals surface area contributed by atoms with Gasteiger partial charge in [0, 0.05) is 72.6 Å². The van der Waals surface area contributed by atoms with E-state index in [1.54, 1.807) is 30.5 Å². The maximum atomic E-state index is 15.8. The van der Waals surface area contributed by atoms with Crippen LogP contribution in [0.15, 0.2) is 95.5 Å². The molecule has 1 amide bonds. The van der Waals surface area contributed by atoms with Crippen molar-refractivity contribution in [3.63, 3.8) is 0 Å². The Morgan fingerprint density at radius 3 is 2.48 bits per heavy atom. The van der Waals surface area contributed by atoms with Crippen molar-refractivity contribution < 1.29 is 23.4 Å². The molecule has 1 unspecified atom stereocenters. The Morgan fingerprint density at radius 2 is 1.74 bits per heavy atom. The Hall–Kier alpha value is -5.12. The Kier molecular flexibility index (Phi) is 12.6. The number of carbonyl (C=O) groups is 1. The van der Waals surface area contributed by atoms with Crippen LogP contribution in [0.4, 0.5) is 21.5 Å². The molecule has 0 saturated carbocycles. The van der Waals surface area contributed by atoms with E-state index in [1.165, 1.54) is 41.0 Å². The van der Waals surface area contributed by atoms with Crippen LogP contribution in [0.3, 0.4) is 0 Å². The number of aromatic amines is 1. The summed E-state index contributed by atoms with van der Waals surface area (Å²) in [4.78, 5) is 35.5. The zero-order valence-electron chi connectivity index (χ0n) is 34.6. The number of nitrogens with one attached hydrogen (secondary N) is 3. The van der Waals surface area contributed by atoms with Crippen LogP contribution in [-0.2, 0) is 11.4 Å². The second-order valence-corrected chi connectivity index (χ2v) is 18.8. The van der Waals surface area contributed by atoms with E-state index in [9.17, 15) is 19.5 Å². The zero-order chi connectivity index (χ0) is 42.8. The fraction of sp³-hybridized carbons (Fsp3) is 0.370. The summed E-state index contributed by atoms with van der Waals surface area (Å²) in [6.07, 6.45) is 6.50. The standard InChI is InChI=1S/C46H51ClFN7O5S/c1-46(2)18-14-31(38(28-46)30-4-6-32(47)7-5-30)29-53-22-24-54(25-23-53)34-8-10-37(43(26-34)60-42-13-12-39-36(44(42)48)15-19-49-39)45(56)51-61(59)35-9-11-40(41(27-35)55(57)58)50-33-16-20-52(3)21-17-33/h4-13,15,19,26-27,33,49-50H,14,16-18,20-25,28-29H2,1-3H3,(H,51,56). The van der Waals surface area contributed by atoms with Gasteiger partial charge in [0.1, 0.15) is 22.8 Å². The molecule has 2 aliphatic heterocycles. The summed E-state index contributed by atoms with van der Waals surface area (Å²) in [6.45, 7) is 10.4. The smallest absolute Gasteiger partial charge is 0.297 e. The minimum atomic E-state index is -2.17. The van der Waals surface area contributed by atoms with Crippen molar-refractivity contribution in [1.29, 1.82) is 0 Å². The van der Waals surface area contributed by atoms with E-state index >= 15 is 4.39 Å². The lowest BCUT2D eigenvalue weighted by Crippen LogP contribution is -2.47. The maximum Gasteiger partial charge on any atom is 0.297 e. The molecule has 5 aromatic rings. The van der Waals surface area contributed by atoms with E-state index in [-0.39, 0.29) is 39.1 Å². The summed E-state index contributed by atoms with van der Waals surface area (Å²) >= 11 is 4.07. The van der Waals surface area contributed by atoms with Gasteiger partial charge in [-0.25, -0.2) is 4.39 Å². The maximum absolute atomic E-state index is 15.8. The number of hydrogen-bond donors (Lipinski definition) is 3. The molecule has 0 bridgehead atoms. The van der Waals surface area contributed by atoms with Crippen LogP contribution in [0.25, 0.3) is 16.5 Å². The number of ether oxygens (including phenoxy) is 1. The highest BCUT2D eigenvalue weighted by Crippen LogP contribution is 2.44. The molecule has 61 heavy (non-hydrogen) atoms. The molecule has 1 aliphatic carbocycles. The number of nitro groups is 1. The zero-order valence-corrected chi connectivity index (χ0v) is 36.2. The lowest BCUT2D eigenvalue weighted by atomic mass is 9.72. The van der Waals surface area contributed by atoms with Gasteiger partial charge in [-0.15, -0.1) is 0 Å². The van der Waals surface area contributed by atoms with E-state index < -0.39 is 28.0 Å². The number of H-pyrrole nitrogens is 1. The van der Waals surface area contributed by atoms with Gasteiger partial charge in [0.15, 0.2) is 16.5 Å². The summed E-state index contributed by atoms with van der Waals surface area (Å²) in [5.41, 5.74) is 5.85. The summed E-state index contributed by atoms with van der Waals surface area (Å²) in [5.74, 6) is -1.33. The van der Waals surface area contributed by atoms with Gasteiger partial charge in [0.25, 0.3) is 11.6 Å². The van der Waals surface area contributed by atoms with Gasteiger partial charge in [-0.1, -0.05) is 43.2 Å². The molecule has 1 aromatic heterocycles. The predicted molar refractivity (Wildman–Crippen MR) is 241 cm³/mol. The molecule has 320 valence electrons. The summed E-state index contributed by atoms with van der Waals surface area (Å²) in [6, 6.07) is 22.4. The molecule has 0 radical (unpaired) electrons. The number of aromatic nitrogens is 1. The molecule has 3 aliphatic rings. The molecular formula is C46H51ClFN7O5S. The van der Waals surface area contributed by atoms with E-state index in [0.29, 0.717) is 16.6 Å². The normalized spacial score (nSPS) is 18.3. The van der Waals surface area contributed by atoms with Gasteiger partial charge in [0.05, 0.1) is 16.6 Å². The van der Waals surface area contributed by atoms with E-state index in [4.69, 9.17) is 16.3 Å². The largest absolute Gasteiger partial charge is 0.588 e. The number of benzene rings is 4. The number of amides is 1. The number of carbonyl (C=O) groups excluding carboxylic acids is 1. The first kappa shape index (κ1) is 42.6. The second-order valence-electron chi connectivity index (χ2n) is 17.2. The monoisotopic (exact) mass is 867 g/mol. The minimum absolute atomic E-state index is 0.0289. The lowest BCUT2D eigenvalue weighted by molar-refractivity contribution is -0.384. The molecule has 4 aromatic carbocycles. The van der Waals surface area contributed by atoms with Gasteiger partial charge in [0.2, 0.25) is 0 Å². The fourth-order valence-electron chi connectivity index (χ4n) is 8.62. The highest BCUT2D eigenvalue weighted by molar-refractivity contribution is 7.90. The van der Waals surface area contributed by atoms with Gasteiger partial charge >= 0.3 is 0 Å². The highest BCUT2D eigenvalue weighted by Gasteiger charge is 2.31. The van der Waals surface area contributed by atoms with Crippen LogP contribution in [-0.4, -0.2) is 89.1 Å². The number of allylic oxidation sites excluding steroid dienone is 1. The third-order valence-electron chi connectivity index (χ3n) is 12.2. The molecule has 0 spiro atoms. The molecule has 8 rings (SSSR count). The molecular weight excluding hydrogens is 817 g/mol. The number of likely N-dealkylation sites (tertiary alicyclic amines) is 1. The van der Waals surface area contributed by atoms with Crippen molar-refractivity contribution in [3.8, 4) is 11.5 Å². The number of halogens is 2. The van der Waals surface area contributed by atoms with Gasteiger partial charge in [-0.2, -0.15) is 4.72 Å². The highest BCUT2D eigenvalue weighted by atomic mass is 35.5. The first-order chi connectivity index (χ1) is 29.3. The number of fused-ring (bicyclic) bond motifs is 1. The molecule has 1 atom stereocenters. The Balaban J connectivity index is 1.00. The van der Waals surface area contributed by atoms with Crippen molar-refractivity contribution in [2.75, 3.05) is 63.1 Å². The number of piperidine rings is 1. The van der Waals surface area contributed by atoms with E-state index in [0.717, 1.165) is 88.6 Å². The number of rotatable bonds is 12. The third kappa shape index (κ3) is 9.84. The Labute approximate surface area is 363 Å². The van der Waals surface area contributed by atoms with Crippen molar-refractivity contribution in [3.05, 3.63) is 123 Å². The van der Waals surface area contributed by atoms with E-state index in [2.05, 4.69) is 55.7 Å². The number of anilines is 2. The van der Waals surface area contributed by atoms with Crippen LogP contribution in [0, 0.1) is 21.3 Å². The topological polar surface area (TPSA) is 142 Å². The van der Waals surface area contributed by atoms with Crippen LogP contribution < -0.4 is 19.7 Å². The lowest BCUT2D eigenvalue weighted by Gasteiger charge is -2.39. The number of piperazine rings is 1. The molecule has 15 heteroatoms. The van der Waals surface area contributed by atoms with Crippen molar-refractivity contribution in [2.45, 2.75) is 56.9 Å². The third-order valence-corrected chi connectivity index (χ3v) is 13.5. The molecule has 2 saturated heterocycles. The Morgan fingerprint density at radius 1 is 0.984 bits per heavy atom. The number of nitrogens with zero attached hydrogens (tertiary/aromatic N) is 4. The molecule has 3 heterocycles. The quantitative estimate of drug-likeness (QED) is 0.0635. The van der Waals surface area contributed by atoms with Crippen LogP contribution in [0.1, 0.15) is 61.9 Å². The Bertz CT molecular complexity index is 2440. The molecule has 2 fully saturated rings. The summed E-state index contributed by atoms with van der Waals surface area (Å²) < 4.78 is 38.1. The summed E-state index contributed by atoms with van der Waals surface area (Å²) in [5, 5.41) is 16.5. The minimum Gasteiger partial charge on any atom is -0.588 e. The van der Waals surface area contributed by atoms with Crippen LogP contribution in [0.2, 0.25) is 5.02 Å². The van der Waals surface area contributed by atoms with Gasteiger partial charge in [-0.3, -0.25) is 19.8 Å². The van der Waals surface area contributed by atoms with Crippen molar-refractivity contribution in [1.82, 2.24) is 19.5 Å². The van der Waals surface area contributed by atoms with Gasteiger partial charge in [-0.05, 0) is 123 Å². The second kappa shape index (κ2) is 18.1. The van der Waals surface area contributed by atoms with Crippen LogP contribution in [0.5, 0.6) is 11.5 Å². The van der Waals surface area contributed by atoms with E-state index in [1.807, 2.05) is 25.2 Å². The fourth-order valence-corrected chi connectivity index (χ4v) is 9.55. The number of nitro benzene ring substituents is 1. The SMILES string of the molecule is CN1CCC(Nc2ccc([S+]([O-])NC(=O)c3ccc(N4CCN(CC5=C(c6ccc(Cl)cc6)CC(C)(C)CC5)CC4)cc3Oc3ccc4[nH]ccc4c3F)cc2[N+](=O)[O-])CC1. The van der Waals surface area contributed by atoms with Gasteiger partial charge < -0.3 is 29.4 Å². The first-order valence-electron chi connectivity index (χ1n) is 20.8. The average Bonchev–Trinajstić information content (AvgIpc) is 3.74. The first-order valence-corrected chi connectivity index (χ1v) is 22.3. The predicted octanol–water partition coefficient (Wildman–Crippen LogP) is 9.41. The molecule has 3 N–H and O–H groups in total.